The van der Waals surface area contributed by atoms with E-state index in [1.54, 1.807) is 0 Å². The Balaban J connectivity index is 2.00. The number of phenolic OH excluding ortho intramolecular Hbond substituents is 2. The predicted octanol–water partition coefficient (Wildman–Crippen LogP) is 2.66. The first-order valence-corrected chi connectivity index (χ1v) is 6.10. The van der Waals surface area contributed by atoms with Crippen LogP contribution in [0.15, 0.2) is 42.5 Å². The number of fused-ring (bicyclic) bond motifs is 1. The van der Waals surface area contributed by atoms with E-state index in [0.29, 0.717) is 17.7 Å². The van der Waals surface area contributed by atoms with E-state index < -0.39 is 6.10 Å². The minimum absolute atomic E-state index is 0.0860. The standard InChI is InChI=1S/C15H14O4/c16-10-6-11(17)15-12(18)8-13(19-14(15)7-10)9-4-2-1-3-5-9/h1-7,12-13,16-18H,8H2/t12-,13-/m0/s1. The number of rotatable bonds is 1. The summed E-state index contributed by atoms with van der Waals surface area (Å²) in [6.45, 7) is 0. The van der Waals surface area contributed by atoms with E-state index in [1.165, 1.54) is 12.1 Å². The van der Waals surface area contributed by atoms with Crippen molar-refractivity contribution in [3.63, 3.8) is 0 Å². The Morgan fingerprint density at radius 3 is 2.53 bits per heavy atom. The summed E-state index contributed by atoms with van der Waals surface area (Å²) in [6, 6.07) is 12.2. The lowest BCUT2D eigenvalue weighted by Crippen LogP contribution is -2.19. The van der Waals surface area contributed by atoms with Crippen LogP contribution in [0.25, 0.3) is 0 Å². The topological polar surface area (TPSA) is 69.9 Å². The monoisotopic (exact) mass is 258 g/mol. The second-order valence-corrected chi connectivity index (χ2v) is 4.65. The molecule has 0 amide bonds. The molecule has 0 saturated carbocycles. The molecule has 0 saturated heterocycles. The van der Waals surface area contributed by atoms with E-state index in [4.69, 9.17) is 4.74 Å². The minimum atomic E-state index is -0.811. The van der Waals surface area contributed by atoms with Gasteiger partial charge in [0.25, 0.3) is 0 Å². The Labute approximate surface area is 110 Å². The number of ether oxygens (including phenoxy) is 1. The zero-order chi connectivity index (χ0) is 13.4. The van der Waals surface area contributed by atoms with E-state index in [0.717, 1.165) is 5.56 Å². The van der Waals surface area contributed by atoms with Gasteiger partial charge in [0, 0.05) is 18.6 Å². The Kier molecular flexibility index (Phi) is 2.80. The van der Waals surface area contributed by atoms with Gasteiger partial charge in [-0.1, -0.05) is 30.3 Å². The van der Waals surface area contributed by atoms with Gasteiger partial charge in [0.2, 0.25) is 0 Å². The molecule has 2 atom stereocenters. The fraction of sp³-hybridized carbons (Fsp3) is 0.200. The average molecular weight is 258 g/mol. The highest BCUT2D eigenvalue weighted by Crippen LogP contribution is 2.46. The van der Waals surface area contributed by atoms with Crippen LogP contribution in [0, 0.1) is 0 Å². The van der Waals surface area contributed by atoms with Crippen molar-refractivity contribution in [1.29, 1.82) is 0 Å². The summed E-state index contributed by atoms with van der Waals surface area (Å²) in [5, 5.41) is 29.4. The van der Waals surface area contributed by atoms with Crippen molar-refractivity contribution < 1.29 is 20.1 Å². The summed E-state index contributed by atoms with van der Waals surface area (Å²) in [5.41, 5.74) is 1.29. The van der Waals surface area contributed by atoms with Crippen LogP contribution in [0.4, 0.5) is 0 Å². The molecule has 0 fully saturated rings. The number of hydrogen-bond acceptors (Lipinski definition) is 4. The van der Waals surface area contributed by atoms with Crippen LogP contribution in [0.1, 0.15) is 29.8 Å². The van der Waals surface area contributed by atoms with Crippen LogP contribution in [-0.4, -0.2) is 15.3 Å². The Morgan fingerprint density at radius 1 is 1.05 bits per heavy atom. The van der Waals surface area contributed by atoms with E-state index in [1.807, 2.05) is 30.3 Å². The molecule has 2 aromatic carbocycles. The van der Waals surface area contributed by atoms with Crippen molar-refractivity contribution >= 4 is 0 Å². The van der Waals surface area contributed by atoms with Crippen LogP contribution in [0.3, 0.4) is 0 Å². The smallest absolute Gasteiger partial charge is 0.133 e. The maximum absolute atomic E-state index is 10.1. The van der Waals surface area contributed by atoms with E-state index in [9.17, 15) is 15.3 Å². The average Bonchev–Trinajstić information content (AvgIpc) is 2.38. The quantitative estimate of drug-likeness (QED) is 0.735. The summed E-state index contributed by atoms with van der Waals surface area (Å²) >= 11 is 0. The van der Waals surface area contributed by atoms with Gasteiger partial charge >= 0.3 is 0 Å². The Morgan fingerprint density at radius 2 is 1.79 bits per heavy atom. The molecule has 1 heterocycles. The number of phenols is 2. The molecule has 0 radical (unpaired) electrons. The second kappa shape index (κ2) is 4.48. The van der Waals surface area contributed by atoms with Gasteiger partial charge < -0.3 is 20.1 Å². The third-order valence-corrected chi connectivity index (χ3v) is 3.32. The van der Waals surface area contributed by atoms with Crippen LogP contribution >= 0.6 is 0 Å². The third kappa shape index (κ3) is 2.11. The van der Waals surface area contributed by atoms with Crippen LogP contribution in [0.2, 0.25) is 0 Å². The number of hydrogen-bond donors (Lipinski definition) is 3. The summed E-state index contributed by atoms with van der Waals surface area (Å²) in [6.07, 6.45) is -0.727. The molecule has 19 heavy (non-hydrogen) atoms. The van der Waals surface area contributed by atoms with Crippen molar-refractivity contribution in [2.24, 2.45) is 0 Å². The molecule has 98 valence electrons. The summed E-state index contributed by atoms with van der Waals surface area (Å²) in [5.74, 6) is 0.0938. The first kappa shape index (κ1) is 11.9. The van der Waals surface area contributed by atoms with Crippen molar-refractivity contribution in [2.45, 2.75) is 18.6 Å². The first-order chi connectivity index (χ1) is 9.15. The van der Waals surface area contributed by atoms with E-state index in [2.05, 4.69) is 0 Å². The van der Waals surface area contributed by atoms with E-state index >= 15 is 0 Å². The van der Waals surface area contributed by atoms with Gasteiger partial charge in [0.15, 0.2) is 0 Å². The highest BCUT2D eigenvalue weighted by Gasteiger charge is 2.30. The van der Waals surface area contributed by atoms with Gasteiger partial charge in [0.1, 0.15) is 23.4 Å². The van der Waals surface area contributed by atoms with Crippen molar-refractivity contribution in [3.8, 4) is 17.2 Å². The van der Waals surface area contributed by atoms with Crippen molar-refractivity contribution in [3.05, 3.63) is 53.6 Å². The third-order valence-electron chi connectivity index (χ3n) is 3.32. The molecule has 4 nitrogen and oxygen atoms in total. The van der Waals surface area contributed by atoms with Crippen LogP contribution < -0.4 is 4.74 Å². The maximum Gasteiger partial charge on any atom is 0.133 e. The molecule has 3 rings (SSSR count). The molecule has 0 unspecified atom stereocenters. The molecule has 2 aromatic rings. The Bertz CT molecular complexity index is 595. The number of aliphatic hydroxyl groups excluding tert-OH is 1. The largest absolute Gasteiger partial charge is 0.508 e. The van der Waals surface area contributed by atoms with Gasteiger partial charge in [-0.3, -0.25) is 0 Å². The SMILES string of the molecule is Oc1cc(O)c2c(c1)O[C@H](c1ccccc1)C[C@@H]2O. The zero-order valence-corrected chi connectivity index (χ0v) is 10.2. The molecular formula is C15H14O4. The van der Waals surface area contributed by atoms with E-state index in [-0.39, 0.29) is 17.6 Å². The number of aromatic hydroxyl groups is 2. The normalized spacial score (nSPS) is 21.5. The Hall–Kier alpha value is -2.20. The van der Waals surface area contributed by atoms with Gasteiger partial charge in [-0.2, -0.15) is 0 Å². The van der Waals surface area contributed by atoms with Gasteiger partial charge in [0.05, 0.1) is 11.7 Å². The summed E-state index contributed by atoms with van der Waals surface area (Å²) in [7, 11) is 0. The summed E-state index contributed by atoms with van der Waals surface area (Å²) in [4.78, 5) is 0. The lowest BCUT2D eigenvalue weighted by atomic mass is 9.94. The summed E-state index contributed by atoms with van der Waals surface area (Å²) < 4.78 is 5.77. The molecule has 1 aliphatic heterocycles. The predicted molar refractivity (Wildman–Crippen MR) is 69.2 cm³/mol. The number of aliphatic hydroxyl groups is 1. The van der Waals surface area contributed by atoms with Gasteiger partial charge in [-0.05, 0) is 5.56 Å². The zero-order valence-electron chi connectivity index (χ0n) is 10.2. The molecule has 3 N–H and O–H groups in total. The molecule has 1 aliphatic rings. The maximum atomic E-state index is 10.1. The minimum Gasteiger partial charge on any atom is -0.508 e. The fourth-order valence-corrected chi connectivity index (χ4v) is 2.42. The molecule has 0 aliphatic carbocycles. The molecule has 0 spiro atoms. The van der Waals surface area contributed by atoms with Crippen LogP contribution in [-0.2, 0) is 0 Å². The molecular weight excluding hydrogens is 244 g/mol. The van der Waals surface area contributed by atoms with Crippen molar-refractivity contribution in [2.75, 3.05) is 0 Å². The molecule has 0 aromatic heterocycles. The number of benzene rings is 2. The molecule has 4 heteroatoms. The highest BCUT2D eigenvalue weighted by atomic mass is 16.5. The fourth-order valence-electron chi connectivity index (χ4n) is 2.42. The van der Waals surface area contributed by atoms with Gasteiger partial charge in [-0.15, -0.1) is 0 Å². The highest BCUT2D eigenvalue weighted by molar-refractivity contribution is 5.52. The lowest BCUT2D eigenvalue weighted by molar-refractivity contribution is 0.0632. The van der Waals surface area contributed by atoms with Gasteiger partial charge in [-0.25, -0.2) is 0 Å². The van der Waals surface area contributed by atoms with Crippen LogP contribution in [0.5, 0.6) is 17.2 Å². The first-order valence-electron chi connectivity index (χ1n) is 6.10. The van der Waals surface area contributed by atoms with Crippen molar-refractivity contribution in [1.82, 2.24) is 0 Å². The lowest BCUT2D eigenvalue weighted by Gasteiger charge is -2.30. The molecule has 0 bridgehead atoms. The second-order valence-electron chi connectivity index (χ2n) is 4.65.